The van der Waals surface area contributed by atoms with Gasteiger partial charge in [-0.05, 0) is 41.5 Å². The molecule has 122 valence electrons. The number of para-hydroxylation sites is 2. The number of aromatic nitrogens is 1. The van der Waals surface area contributed by atoms with Crippen molar-refractivity contribution in [2.75, 3.05) is 4.90 Å². The van der Waals surface area contributed by atoms with Crippen LogP contribution in [0.2, 0.25) is 0 Å². The lowest BCUT2D eigenvalue weighted by molar-refractivity contribution is 0.593. The summed E-state index contributed by atoms with van der Waals surface area (Å²) in [6, 6.07) is 21.0. The Morgan fingerprint density at radius 2 is 1.60 bits per heavy atom. The van der Waals surface area contributed by atoms with Crippen molar-refractivity contribution in [3.05, 3.63) is 83.7 Å². The summed E-state index contributed by atoms with van der Waals surface area (Å²) < 4.78 is 20.2. The van der Waals surface area contributed by atoms with Crippen LogP contribution in [0.1, 0.15) is 11.1 Å². The van der Waals surface area contributed by atoms with Gasteiger partial charge in [0.05, 0.1) is 5.56 Å². The van der Waals surface area contributed by atoms with Gasteiger partial charge < -0.3 is 9.32 Å². The first-order valence-corrected chi connectivity index (χ1v) is 8.25. The number of oxazole rings is 1. The first kappa shape index (κ1) is 14.2. The standard InChI is InChI=1S/C21H15FN2O/c22-18-10-9-16(24-12-14-5-1-2-6-15(14)13-24)11-17(18)21-23-19-7-3-4-8-20(19)25-21/h1-11H,12-13H2. The van der Waals surface area contributed by atoms with Gasteiger partial charge in [-0.1, -0.05) is 36.4 Å². The molecule has 1 aromatic heterocycles. The number of fused-ring (bicyclic) bond motifs is 2. The van der Waals surface area contributed by atoms with E-state index in [4.69, 9.17) is 4.42 Å². The van der Waals surface area contributed by atoms with E-state index < -0.39 is 0 Å². The second kappa shape index (κ2) is 5.45. The molecule has 0 fully saturated rings. The van der Waals surface area contributed by atoms with Crippen LogP contribution in [-0.2, 0) is 13.1 Å². The normalized spacial score (nSPS) is 13.4. The molecule has 5 rings (SSSR count). The second-order valence-corrected chi connectivity index (χ2v) is 6.28. The van der Waals surface area contributed by atoms with E-state index in [9.17, 15) is 4.39 Å². The average Bonchev–Trinajstić information content (AvgIpc) is 3.26. The van der Waals surface area contributed by atoms with E-state index in [0.717, 1.165) is 24.3 Å². The van der Waals surface area contributed by atoms with Gasteiger partial charge in [-0.3, -0.25) is 0 Å². The summed E-state index contributed by atoms with van der Waals surface area (Å²) in [6.07, 6.45) is 0. The fourth-order valence-electron chi connectivity index (χ4n) is 3.38. The Morgan fingerprint density at radius 3 is 2.36 bits per heavy atom. The maximum Gasteiger partial charge on any atom is 0.230 e. The van der Waals surface area contributed by atoms with Crippen LogP contribution in [0.5, 0.6) is 0 Å². The molecule has 0 N–H and O–H groups in total. The molecule has 0 saturated heterocycles. The lowest BCUT2D eigenvalue weighted by Gasteiger charge is -2.18. The highest BCUT2D eigenvalue weighted by Gasteiger charge is 2.21. The highest BCUT2D eigenvalue weighted by atomic mass is 19.1. The summed E-state index contributed by atoms with van der Waals surface area (Å²) in [5, 5.41) is 0. The molecular weight excluding hydrogens is 315 g/mol. The van der Waals surface area contributed by atoms with Gasteiger partial charge in [0.1, 0.15) is 11.3 Å². The van der Waals surface area contributed by atoms with Crippen molar-refractivity contribution in [2.24, 2.45) is 0 Å². The molecule has 3 nitrogen and oxygen atoms in total. The van der Waals surface area contributed by atoms with E-state index in [1.165, 1.54) is 17.2 Å². The minimum atomic E-state index is -0.327. The minimum Gasteiger partial charge on any atom is -0.436 e. The van der Waals surface area contributed by atoms with Gasteiger partial charge in [0, 0.05) is 18.8 Å². The third-order valence-electron chi connectivity index (χ3n) is 4.68. The number of anilines is 1. The van der Waals surface area contributed by atoms with Gasteiger partial charge in [0.25, 0.3) is 0 Å². The van der Waals surface area contributed by atoms with E-state index in [1.807, 2.05) is 36.4 Å². The Hall–Kier alpha value is -3.14. The Bertz CT molecular complexity index is 1030. The van der Waals surface area contributed by atoms with Gasteiger partial charge in [0.15, 0.2) is 5.58 Å². The van der Waals surface area contributed by atoms with Crippen molar-refractivity contribution in [2.45, 2.75) is 13.1 Å². The van der Waals surface area contributed by atoms with Gasteiger partial charge >= 0.3 is 0 Å². The summed E-state index contributed by atoms with van der Waals surface area (Å²) >= 11 is 0. The number of benzene rings is 3. The molecule has 0 amide bonds. The van der Waals surface area contributed by atoms with E-state index in [0.29, 0.717) is 17.0 Å². The molecule has 0 radical (unpaired) electrons. The van der Waals surface area contributed by atoms with Crippen molar-refractivity contribution in [3.8, 4) is 11.5 Å². The lowest BCUT2D eigenvalue weighted by Crippen LogP contribution is -2.14. The van der Waals surface area contributed by atoms with E-state index in [-0.39, 0.29) is 5.82 Å². The Morgan fingerprint density at radius 1 is 0.880 bits per heavy atom. The zero-order valence-corrected chi connectivity index (χ0v) is 13.4. The van der Waals surface area contributed by atoms with Gasteiger partial charge in [-0.2, -0.15) is 0 Å². The highest BCUT2D eigenvalue weighted by Crippen LogP contribution is 2.33. The Kier molecular flexibility index (Phi) is 3.10. The van der Waals surface area contributed by atoms with Crippen LogP contribution in [-0.4, -0.2) is 4.98 Å². The predicted molar refractivity (Wildman–Crippen MR) is 95.7 cm³/mol. The van der Waals surface area contributed by atoms with Crippen molar-refractivity contribution >= 4 is 16.8 Å². The molecule has 1 aliphatic heterocycles. The van der Waals surface area contributed by atoms with Crippen molar-refractivity contribution in [1.82, 2.24) is 4.98 Å². The van der Waals surface area contributed by atoms with E-state index in [2.05, 4.69) is 34.1 Å². The third kappa shape index (κ3) is 2.38. The van der Waals surface area contributed by atoms with Crippen LogP contribution in [0.25, 0.3) is 22.6 Å². The largest absolute Gasteiger partial charge is 0.436 e. The monoisotopic (exact) mass is 330 g/mol. The van der Waals surface area contributed by atoms with Gasteiger partial charge in [0.2, 0.25) is 5.89 Å². The second-order valence-electron chi connectivity index (χ2n) is 6.28. The molecule has 4 heteroatoms. The fraction of sp³-hybridized carbons (Fsp3) is 0.0952. The molecule has 0 atom stereocenters. The van der Waals surface area contributed by atoms with Gasteiger partial charge in [-0.15, -0.1) is 0 Å². The van der Waals surface area contributed by atoms with Crippen LogP contribution in [0.15, 0.2) is 71.1 Å². The summed E-state index contributed by atoms with van der Waals surface area (Å²) in [5.41, 5.74) is 5.39. The minimum absolute atomic E-state index is 0.317. The summed E-state index contributed by atoms with van der Waals surface area (Å²) in [6.45, 7) is 1.66. The molecule has 2 heterocycles. The molecular formula is C21H15FN2O. The van der Waals surface area contributed by atoms with Crippen LogP contribution >= 0.6 is 0 Å². The zero-order chi connectivity index (χ0) is 16.8. The molecule has 0 aliphatic carbocycles. The van der Waals surface area contributed by atoms with Crippen molar-refractivity contribution in [3.63, 3.8) is 0 Å². The van der Waals surface area contributed by atoms with Crippen LogP contribution in [0.3, 0.4) is 0 Å². The number of halogens is 1. The highest BCUT2D eigenvalue weighted by molar-refractivity contribution is 5.77. The maximum atomic E-state index is 14.4. The summed E-state index contributed by atoms with van der Waals surface area (Å²) in [4.78, 5) is 6.66. The summed E-state index contributed by atoms with van der Waals surface area (Å²) in [5.74, 6) is -0.00993. The van der Waals surface area contributed by atoms with E-state index >= 15 is 0 Å². The Labute approximate surface area is 144 Å². The van der Waals surface area contributed by atoms with Crippen molar-refractivity contribution < 1.29 is 8.81 Å². The number of hydrogen-bond acceptors (Lipinski definition) is 3. The smallest absolute Gasteiger partial charge is 0.230 e. The molecule has 0 saturated carbocycles. The molecule has 0 bridgehead atoms. The van der Waals surface area contributed by atoms with Crippen molar-refractivity contribution in [1.29, 1.82) is 0 Å². The topological polar surface area (TPSA) is 29.3 Å². The average molecular weight is 330 g/mol. The van der Waals surface area contributed by atoms with Crippen LogP contribution in [0, 0.1) is 5.82 Å². The fourth-order valence-corrected chi connectivity index (χ4v) is 3.38. The summed E-state index contributed by atoms with van der Waals surface area (Å²) in [7, 11) is 0. The lowest BCUT2D eigenvalue weighted by atomic mass is 10.1. The number of rotatable bonds is 2. The molecule has 0 unspecified atom stereocenters. The molecule has 1 aliphatic rings. The molecule has 0 spiro atoms. The number of hydrogen-bond donors (Lipinski definition) is 0. The Balaban J connectivity index is 1.55. The maximum absolute atomic E-state index is 14.4. The molecule has 25 heavy (non-hydrogen) atoms. The number of nitrogens with zero attached hydrogens (tertiary/aromatic N) is 2. The third-order valence-corrected chi connectivity index (χ3v) is 4.68. The first-order valence-electron chi connectivity index (χ1n) is 8.25. The first-order chi connectivity index (χ1) is 12.3. The molecule has 3 aromatic carbocycles. The SMILES string of the molecule is Fc1ccc(N2Cc3ccccc3C2)cc1-c1nc2ccccc2o1. The van der Waals surface area contributed by atoms with E-state index in [1.54, 1.807) is 0 Å². The molecule has 4 aromatic rings. The van der Waals surface area contributed by atoms with Gasteiger partial charge in [-0.25, -0.2) is 9.37 Å². The van der Waals surface area contributed by atoms with Crippen LogP contribution in [0.4, 0.5) is 10.1 Å². The predicted octanol–water partition coefficient (Wildman–Crippen LogP) is 5.15. The van der Waals surface area contributed by atoms with Crippen LogP contribution < -0.4 is 4.90 Å². The quantitative estimate of drug-likeness (QED) is 0.509. The zero-order valence-electron chi connectivity index (χ0n) is 13.4.